The molecule has 4 rings (SSSR count). The molecule has 3 aromatic rings. The number of benzene rings is 2. The van der Waals surface area contributed by atoms with Gasteiger partial charge in [-0.2, -0.15) is 0 Å². The van der Waals surface area contributed by atoms with Crippen LogP contribution in [-0.4, -0.2) is 25.5 Å². The lowest BCUT2D eigenvalue weighted by Crippen LogP contribution is -2.37. The van der Waals surface area contributed by atoms with Gasteiger partial charge in [0.1, 0.15) is 17.4 Å². The Labute approximate surface area is 182 Å². The monoisotopic (exact) mass is 442 g/mol. The summed E-state index contributed by atoms with van der Waals surface area (Å²) < 4.78 is 32.7. The number of thiophene rings is 1. The van der Waals surface area contributed by atoms with E-state index in [4.69, 9.17) is 4.74 Å². The normalized spacial score (nSPS) is 15.9. The summed E-state index contributed by atoms with van der Waals surface area (Å²) in [6, 6.07) is 14.0. The molecule has 8 heteroatoms. The minimum absolute atomic E-state index is 0.0176. The number of anilines is 2. The maximum absolute atomic E-state index is 14.2. The van der Waals surface area contributed by atoms with E-state index in [0.717, 1.165) is 17.0 Å². The van der Waals surface area contributed by atoms with Gasteiger partial charge in [0.15, 0.2) is 0 Å². The van der Waals surface area contributed by atoms with Crippen LogP contribution in [0.15, 0.2) is 60.0 Å². The molecule has 0 N–H and O–H groups in total. The summed E-state index contributed by atoms with van der Waals surface area (Å²) in [5, 5.41) is 1.93. The average molecular weight is 442 g/mol. The van der Waals surface area contributed by atoms with Crippen LogP contribution >= 0.6 is 11.3 Å². The number of rotatable bonds is 6. The fraction of sp³-hybridized carbons (Fsp3) is 0.217. The second-order valence-electron chi connectivity index (χ2n) is 7.20. The molecule has 2 heterocycles. The van der Waals surface area contributed by atoms with Crippen molar-refractivity contribution in [1.29, 1.82) is 0 Å². The highest BCUT2D eigenvalue weighted by molar-refractivity contribution is 7.09. The van der Waals surface area contributed by atoms with E-state index in [0.29, 0.717) is 18.0 Å². The summed E-state index contributed by atoms with van der Waals surface area (Å²) in [7, 11) is 1.57. The molecular formula is C23H20F2N2O3S. The van der Waals surface area contributed by atoms with E-state index in [1.165, 1.54) is 22.3 Å². The van der Waals surface area contributed by atoms with Gasteiger partial charge in [-0.25, -0.2) is 8.78 Å². The maximum Gasteiger partial charge on any atom is 0.232 e. The Balaban J connectivity index is 1.59. The highest BCUT2D eigenvalue weighted by atomic mass is 32.1. The van der Waals surface area contributed by atoms with Crippen LogP contribution in [0.25, 0.3) is 0 Å². The quantitative estimate of drug-likeness (QED) is 0.560. The van der Waals surface area contributed by atoms with Gasteiger partial charge >= 0.3 is 0 Å². The third-order valence-electron chi connectivity index (χ3n) is 5.22. The number of nitrogens with zero attached hydrogens (tertiary/aromatic N) is 2. The lowest BCUT2D eigenvalue weighted by Gasteiger charge is -2.25. The Bertz CT molecular complexity index is 1090. The number of hydrogen-bond donors (Lipinski definition) is 0. The molecule has 0 bridgehead atoms. The van der Waals surface area contributed by atoms with Gasteiger partial charge in [-0.05, 0) is 47.8 Å². The van der Waals surface area contributed by atoms with Gasteiger partial charge in [0.05, 0.1) is 25.3 Å². The molecule has 1 fully saturated rings. The van der Waals surface area contributed by atoms with Gasteiger partial charge in [-0.15, -0.1) is 11.3 Å². The molecule has 5 nitrogen and oxygen atoms in total. The van der Waals surface area contributed by atoms with E-state index in [2.05, 4.69) is 0 Å². The van der Waals surface area contributed by atoms with Gasteiger partial charge in [0.2, 0.25) is 11.8 Å². The van der Waals surface area contributed by atoms with Crippen LogP contribution in [0.1, 0.15) is 11.3 Å². The Kier molecular flexibility index (Phi) is 5.99. The smallest absolute Gasteiger partial charge is 0.232 e. The number of carbonyl (C=O) groups is 2. The van der Waals surface area contributed by atoms with Crippen molar-refractivity contribution in [1.82, 2.24) is 0 Å². The van der Waals surface area contributed by atoms with E-state index in [1.54, 1.807) is 36.3 Å². The first-order chi connectivity index (χ1) is 15.0. The minimum atomic E-state index is -0.827. The number of ether oxygens (including phenoxy) is 1. The van der Waals surface area contributed by atoms with Crippen LogP contribution in [0.2, 0.25) is 0 Å². The van der Waals surface area contributed by atoms with E-state index in [9.17, 15) is 18.4 Å². The molecular weight excluding hydrogens is 422 g/mol. The zero-order valence-corrected chi connectivity index (χ0v) is 17.6. The van der Waals surface area contributed by atoms with Crippen molar-refractivity contribution in [2.24, 2.45) is 5.92 Å². The second-order valence-corrected chi connectivity index (χ2v) is 8.24. The number of carbonyl (C=O) groups excluding carboxylic acids is 2. The summed E-state index contributed by atoms with van der Waals surface area (Å²) in [5.41, 5.74) is 0.661. The zero-order valence-electron chi connectivity index (χ0n) is 16.8. The van der Waals surface area contributed by atoms with Gasteiger partial charge in [-0.3, -0.25) is 9.59 Å². The van der Waals surface area contributed by atoms with E-state index >= 15 is 0 Å². The zero-order chi connectivity index (χ0) is 22.0. The molecule has 1 aromatic heterocycles. The standard InChI is InChI=1S/C23H20F2N2O3S/c1-30-18-7-5-17(6-8-18)26(14-19-3-2-10-31-19)23(29)15-11-22(28)27(13-15)21-9-4-16(24)12-20(21)25/h2-10,12,15H,11,13-14H2,1H3. The largest absolute Gasteiger partial charge is 0.497 e. The van der Waals surface area contributed by atoms with Gasteiger partial charge in [0, 0.05) is 29.6 Å². The first-order valence-electron chi connectivity index (χ1n) is 9.69. The first kappa shape index (κ1) is 21.0. The SMILES string of the molecule is COc1ccc(N(Cc2cccs2)C(=O)C2CC(=O)N(c3ccc(F)cc3F)C2)cc1. The molecule has 0 radical (unpaired) electrons. The van der Waals surface area contributed by atoms with Crippen molar-refractivity contribution in [2.75, 3.05) is 23.5 Å². The van der Waals surface area contributed by atoms with Crippen molar-refractivity contribution in [3.63, 3.8) is 0 Å². The molecule has 160 valence electrons. The van der Waals surface area contributed by atoms with Crippen LogP contribution in [-0.2, 0) is 16.1 Å². The van der Waals surface area contributed by atoms with E-state index < -0.39 is 17.6 Å². The number of halogens is 2. The fourth-order valence-corrected chi connectivity index (χ4v) is 4.34. The Morgan fingerprint density at radius 2 is 1.97 bits per heavy atom. The summed E-state index contributed by atoms with van der Waals surface area (Å²) in [6.07, 6.45) is -0.0350. The van der Waals surface area contributed by atoms with Crippen molar-refractivity contribution < 1.29 is 23.1 Å². The van der Waals surface area contributed by atoms with Crippen LogP contribution < -0.4 is 14.5 Å². The molecule has 1 aliphatic rings. The molecule has 2 amide bonds. The highest BCUT2D eigenvalue weighted by Crippen LogP contribution is 2.31. The van der Waals surface area contributed by atoms with Gasteiger partial charge in [0.25, 0.3) is 0 Å². The Morgan fingerprint density at radius 3 is 2.61 bits per heavy atom. The molecule has 1 aliphatic heterocycles. The van der Waals surface area contributed by atoms with Crippen molar-refractivity contribution in [3.8, 4) is 5.75 Å². The van der Waals surface area contributed by atoms with Gasteiger partial charge in [-0.1, -0.05) is 6.07 Å². The topological polar surface area (TPSA) is 49.9 Å². The number of amides is 2. The summed E-state index contributed by atoms with van der Waals surface area (Å²) >= 11 is 1.53. The van der Waals surface area contributed by atoms with Crippen molar-refractivity contribution in [2.45, 2.75) is 13.0 Å². The summed E-state index contributed by atoms with van der Waals surface area (Å²) in [6.45, 7) is 0.399. The maximum atomic E-state index is 14.2. The van der Waals surface area contributed by atoms with E-state index in [-0.39, 0.29) is 30.5 Å². The summed E-state index contributed by atoms with van der Waals surface area (Å²) in [4.78, 5) is 29.9. The lowest BCUT2D eigenvalue weighted by atomic mass is 10.1. The average Bonchev–Trinajstić information content (AvgIpc) is 3.41. The molecule has 0 aliphatic carbocycles. The number of methoxy groups -OCH3 is 1. The molecule has 31 heavy (non-hydrogen) atoms. The van der Waals surface area contributed by atoms with Gasteiger partial charge < -0.3 is 14.5 Å². The third kappa shape index (κ3) is 4.44. The second kappa shape index (κ2) is 8.85. The Morgan fingerprint density at radius 1 is 1.19 bits per heavy atom. The van der Waals surface area contributed by atoms with Crippen molar-refractivity contribution in [3.05, 3.63) is 76.5 Å². The summed E-state index contributed by atoms with van der Waals surface area (Å²) in [5.74, 6) is -2.11. The van der Waals surface area contributed by atoms with Crippen LogP contribution in [0, 0.1) is 17.6 Å². The molecule has 1 atom stereocenters. The minimum Gasteiger partial charge on any atom is -0.497 e. The Hall–Kier alpha value is -3.26. The van der Waals surface area contributed by atoms with Crippen molar-refractivity contribution >= 4 is 34.5 Å². The molecule has 1 unspecified atom stereocenters. The predicted molar refractivity (Wildman–Crippen MR) is 115 cm³/mol. The molecule has 0 saturated carbocycles. The highest BCUT2D eigenvalue weighted by Gasteiger charge is 2.38. The van der Waals surface area contributed by atoms with Crippen LogP contribution in [0.5, 0.6) is 5.75 Å². The fourth-order valence-electron chi connectivity index (χ4n) is 3.64. The molecule has 0 spiro atoms. The number of hydrogen-bond acceptors (Lipinski definition) is 4. The van der Waals surface area contributed by atoms with Crippen LogP contribution in [0.3, 0.4) is 0 Å². The third-order valence-corrected chi connectivity index (χ3v) is 6.08. The lowest BCUT2D eigenvalue weighted by molar-refractivity contribution is -0.124. The molecule has 2 aromatic carbocycles. The predicted octanol–water partition coefficient (Wildman–Crippen LogP) is 4.62. The van der Waals surface area contributed by atoms with E-state index in [1.807, 2.05) is 17.5 Å². The molecule has 1 saturated heterocycles. The first-order valence-corrected chi connectivity index (χ1v) is 10.6. The van der Waals surface area contributed by atoms with Crippen LogP contribution in [0.4, 0.5) is 20.2 Å².